The van der Waals surface area contributed by atoms with Crippen LogP contribution < -0.4 is 5.73 Å². The molecule has 0 aliphatic heterocycles. The van der Waals surface area contributed by atoms with Gasteiger partial charge in [0.2, 0.25) is 0 Å². The van der Waals surface area contributed by atoms with Gasteiger partial charge >= 0.3 is 0 Å². The van der Waals surface area contributed by atoms with E-state index in [1.807, 2.05) is 31.2 Å². The van der Waals surface area contributed by atoms with Crippen molar-refractivity contribution in [1.29, 1.82) is 0 Å². The van der Waals surface area contributed by atoms with Gasteiger partial charge in [0.05, 0.1) is 5.03 Å². The zero-order valence-electron chi connectivity index (χ0n) is 10.7. The first-order valence-corrected chi connectivity index (χ1v) is 6.99. The van der Waals surface area contributed by atoms with Crippen LogP contribution in [0.1, 0.15) is 11.3 Å². The number of nitrogens with two attached hydrogens (primary N) is 1. The normalized spacial score (nSPS) is 11.1. The molecule has 2 aromatic heterocycles. The van der Waals surface area contributed by atoms with Gasteiger partial charge in [-0.3, -0.25) is 0 Å². The quantitative estimate of drug-likeness (QED) is 0.765. The molecule has 0 bridgehead atoms. The molecule has 96 valence electrons. The molecule has 3 nitrogen and oxygen atoms in total. The zero-order chi connectivity index (χ0) is 13.2. The van der Waals surface area contributed by atoms with Crippen molar-refractivity contribution in [2.75, 3.05) is 0 Å². The molecule has 0 saturated carbocycles. The van der Waals surface area contributed by atoms with Gasteiger partial charge in [-0.1, -0.05) is 30.0 Å². The van der Waals surface area contributed by atoms with Crippen molar-refractivity contribution in [2.45, 2.75) is 23.5 Å². The zero-order valence-corrected chi connectivity index (χ0v) is 11.5. The van der Waals surface area contributed by atoms with Crippen LogP contribution in [-0.4, -0.2) is 9.97 Å². The number of nitrogens with one attached hydrogen (secondary N) is 1. The fourth-order valence-corrected chi connectivity index (χ4v) is 3.06. The molecule has 0 radical (unpaired) electrons. The summed E-state index contributed by atoms with van der Waals surface area (Å²) >= 11 is 1.63. The second-order valence-electron chi connectivity index (χ2n) is 4.48. The predicted octanol–water partition coefficient (Wildman–Crippen LogP) is 3.48. The van der Waals surface area contributed by atoms with Crippen molar-refractivity contribution in [3.8, 4) is 0 Å². The summed E-state index contributed by atoms with van der Waals surface area (Å²) in [5, 5.41) is 3.30. The molecule has 2 heterocycles. The summed E-state index contributed by atoms with van der Waals surface area (Å²) in [7, 11) is 0. The van der Waals surface area contributed by atoms with Crippen molar-refractivity contribution >= 4 is 22.7 Å². The van der Waals surface area contributed by atoms with Gasteiger partial charge in [-0.2, -0.15) is 0 Å². The molecule has 1 aromatic carbocycles. The molecule has 0 aliphatic rings. The van der Waals surface area contributed by atoms with E-state index in [2.05, 4.69) is 28.2 Å². The lowest BCUT2D eigenvalue weighted by atomic mass is 10.2. The van der Waals surface area contributed by atoms with Crippen LogP contribution in [0.4, 0.5) is 0 Å². The van der Waals surface area contributed by atoms with Crippen LogP contribution in [-0.2, 0) is 6.54 Å². The highest BCUT2D eigenvalue weighted by Gasteiger charge is 2.05. The first-order chi connectivity index (χ1) is 9.24. The third kappa shape index (κ3) is 2.64. The average molecular weight is 269 g/mol. The monoisotopic (exact) mass is 269 g/mol. The van der Waals surface area contributed by atoms with Crippen LogP contribution in [0.15, 0.2) is 52.5 Å². The van der Waals surface area contributed by atoms with Gasteiger partial charge in [0, 0.05) is 23.1 Å². The van der Waals surface area contributed by atoms with Crippen molar-refractivity contribution in [1.82, 2.24) is 9.97 Å². The Balaban J connectivity index is 1.94. The smallest absolute Gasteiger partial charge is 0.103 e. The number of rotatable bonds is 3. The Morgan fingerprint density at radius 3 is 2.84 bits per heavy atom. The molecule has 3 aromatic rings. The highest BCUT2D eigenvalue weighted by atomic mass is 32.2. The number of aromatic nitrogens is 2. The lowest BCUT2D eigenvalue weighted by molar-refractivity contribution is 0.985. The summed E-state index contributed by atoms with van der Waals surface area (Å²) in [4.78, 5) is 7.93. The lowest BCUT2D eigenvalue weighted by Gasteiger charge is -2.03. The van der Waals surface area contributed by atoms with Crippen LogP contribution in [0.25, 0.3) is 10.9 Å². The van der Waals surface area contributed by atoms with E-state index < -0.39 is 0 Å². The maximum Gasteiger partial charge on any atom is 0.103 e. The number of pyridine rings is 1. The number of fused-ring (bicyclic) bond motifs is 1. The number of para-hydroxylation sites is 1. The predicted molar refractivity (Wildman–Crippen MR) is 79.3 cm³/mol. The Labute approximate surface area is 116 Å². The Morgan fingerprint density at radius 1 is 1.21 bits per heavy atom. The molecular formula is C15H15N3S. The molecule has 0 saturated heterocycles. The summed E-state index contributed by atoms with van der Waals surface area (Å²) in [6.07, 6.45) is 0. The number of aryl methyl sites for hydroxylation is 1. The number of aromatic amines is 1. The van der Waals surface area contributed by atoms with Crippen LogP contribution in [0.3, 0.4) is 0 Å². The number of hydrogen-bond donors (Lipinski definition) is 2. The molecule has 0 atom stereocenters. The minimum absolute atomic E-state index is 0.545. The third-order valence-corrected chi connectivity index (χ3v) is 3.80. The van der Waals surface area contributed by atoms with E-state index in [-0.39, 0.29) is 0 Å². The van der Waals surface area contributed by atoms with Crippen molar-refractivity contribution < 1.29 is 0 Å². The standard InChI is InChI=1S/C15H15N3S/c1-10-6-11(9-16)7-14(17-10)19-15-8-12-4-2-3-5-13(12)18-15/h2-8,18H,9,16H2,1H3. The SMILES string of the molecule is Cc1cc(CN)cc(Sc2cc3ccccc3[nH]2)n1. The summed E-state index contributed by atoms with van der Waals surface area (Å²) in [5.74, 6) is 0. The maximum absolute atomic E-state index is 5.70. The van der Waals surface area contributed by atoms with E-state index in [4.69, 9.17) is 5.73 Å². The molecule has 19 heavy (non-hydrogen) atoms. The highest BCUT2D eigenvalue weighted by molar-refractivity contribution is 7.99. The number of benzene rings is 1. The summed E-state index contributed by atoms with van der Waals surface area (Å²) in [5.41, 5.74) is 8.97. The lowest BCUT2D eigenvalue weighted by Crippen LogP contribution is -1.98. The largest absolute Gasteiger partial charge is 0.349 e. The van der Waals surface area contributed by atoms with Crippen LogP contribution in [0, 0.1) is 6.92 Å². The molecule has 0 spiro atoms. The number of H-pyrrole nitrogens is 1. The fraction of sp³-hybridized carbons (Fsp3) is 0.133. The minimum Gasteiger partial charge on any atom is -0.349 e. The molecular weight excluding hydrogens is 254 g/mol. The first kappa shape index (κ1) is 12.3. The van der Waals surface area contributed by atoms with Gasteiger partial charge in [-0.25, -0.2) is 4.98 Å². The van der Waals surface area contributed by atoms with E-state index in [0.29, 0.717) is 6.54 Å². The van der Waals surface area contributed by atoms with Crippen molar-refractivity contribution in [2.24, 2.45) is 5.73 Å². The van der Waals surface area contributed by atoms with Crippen LogP contribution in [0.2, 0.25) is 0 Å². The van der Waals surface area contributed by atoms with Crippen LogP contribution >= 0.6 is 11.8 Å². The molecule has 4 heteroatoms. The van der Waals surface area contributed by atoms with Gasteiger partial charge in [-0.05, 0) is 36.8 Å². The summed E-state index contributed by atoms with van der Waals surface area (Å²) in [6, 6.07) is 14.5. The Bertz CT molecular complexity index is 685. The summed E-state index contributed by atoms with van der Waals surface area (Å²) < 4.78 is 0. The van der Waals surface area contributed by atoms with E-state index >= 15 is 0 Å². The average Bonchev–Trinajstić information content (AvgIpc) is 2.80. The third-order valence-electron chi connectivity index (χ3n) is 2.95. The van der Waals surface area contributed by atoms with E-state index in [0.717, 1.165) is 26.8 Å². The second-order valence-corrected chi connectivity index (χ2v) is 5.54. The number of nitrogens with zero attached hydrogens (tertiary/aromatic N) is 1. The van der Waals surface area contributed by atoms with E-state index in [1.165, 1.54) is 5.39 Å². The Kier molecular flexibility index (Phi) is 3.27. The molecule has 0 fully saturated rings. The Hall–Kier alpha value is -1.78. The molecule has 3 rings (SSSR count). The maximum atomic E-state index is 5.70. The summed E-state index contributed by atoms with van der Waals surface area (Å²) in [6.45, 7) is 2.54. The Morgan fingerprint density at radius 2 is 2.05 bits per heavy atom. The fourth-order valence-electron chi connectivity index (χ4n) is 2.09. The van der Waals surface area contributed by atoms with Crippen LogP contribution in [0.5, 0.6) is 0 Å². The van der Waals surface area contributed by atoms with Gasteiger partial charge in [-0.15, -0.1) is 0 Å². The molecule has 0 aliphatic carbocycles. The molecule has 0 amide bonds. The van der Waals surface area contributed by atoms with Crippen molar-refractivity contribution in [3.63, 3.8) is 0 Å². The van der Waals surface area contributed by atoms with E-state index in [1.54, 1.807) is 11.8 Å². The van der Waals surface area contributed by atoms with Gasteiger partial charge in [0.15, 0.2) is 0 Å². The number of hydrogen-bond acceptors (Lipinski definition) is 3. The van der Waals surface area contributed by atoms with Gasteiger partial charge < -0.3 is 10.7 Å². The van der Waals surface area contributed by atoms with Gasteiger partial charge in [0.25, 0.3) is 0 Å². The van der Waals surface area contributed by atoms with Gasteiger partial charge in [0.1, 0.15) is 5.03 Å². The van der Waals surface area contributed by atoms with E-state index in [9.17, 15) is 0 Å². The minimum atomic E-state index is 0.545. The molecule has 3 N–H and O–H groups in total. The highest BCUT2D eigenvalue weighted by Crippen LogP contribution is 2.29. The molecule has 0 unspecified atom stereocenters. The first-order valence-electron chi connectivity index (χ1n) is 6.18. The topological polar surface area (TPSA) is 54.7 Å². The second kappa shape index (κ2) is 5.07. The van der Waals surface area contributed by atoms with Crippen molar-refractivity contribution in [3.05, 3.63) is 53.7 Å².